The van der Waals surface area contributed by atoms with Crippen molar-refractivity contribution in [1.29, 1.82) is 0 Å². The number of anilines is 1. The number of rotatable bonds is 3. The topological polar surface area (TPSA) is 72.7 Å². The highest BCUT2D eigenvalue weighted by atomic mass is 16.2. The average Bonchev–Trinajstić information content (AvgIpc) is 3.02. The highest BCUT2D eigenvalue weighted by Crippen LogP contribution is 2.35. The standard InChI is InChI=1S/C20H21N5O/c1-13-10-23-25(18-9-5-7-15-6-3-4-8-16(15)18)19(13)24-20(26)17-12-21-14(2)11-22-17/h3-4,6,8,10-12,18H,5,7,9H2,1-2H3,(H,24,26)/t18-/m1/s1. The summed E-state index contributed by atoms with van der Waals surface area (Å²) in [5.41, 5.74) is 4.65. The number of aromatic nitrogens is 4. The van der Waals surface area contributed by atoms with Crippen LogP contribution >= 0.6 is 0 Å². The summed E-state index contributed by atoms with van der Waals surface area (Å²) in [6.45, 7) is 3.79. The van der Waals surface area contributed by atoms with E-state index in [2.05, 4.69) is 44.6 Å². The van der Waals surface area contributed by atoms with Gasteiger partial charge in [0.15, 0.2) is 0 Å². The van der Waals surface area contributed by atoms with Crippen LogP contribution < -0.4 is 5.32 Å². The second kappa shape index (κ2) is 6.71. The summed E-state index contributed by atoms with van der Waals surface area (Å²) >= 11 is 0. The molecule has 0 saturated carbocycles. The lowest BCUT2D eigenvalue weighted by molar-refractivity contribution is 0.102. The lowest BCUT2D eigenvalue weighted by atomic mass is 9.88. The number of fused-ring (bicyclic) bond motifs is 1. The molecule has 0 saturated heterocycles. The first-order valence-electron chi connectivity index (χ1n) is 8.85. The number of nitrogens with zero attached hydrogens (tertiary/aromatic N) is 4. The fourth-order valence-corrected chi connectivity index (χ4v) is 3.50. The van der Waals surface area contributed by atoms with Crippen LogP contribution in [0.25, 0.3) is 0 Å². The van der Waals surface area contributed by atoms with Crippen molar-refractivity contribution in [2.75, 3.05) is 5.32 Å². The number of carbonyl (C=O) groups excluding carboxylic acids is 1. The maximum absolute atomic E-state index is 12.6. The molecule has 0 bridgehead atoms. The predicted molar refractivity (Wildman–Crippen MR) is 99.2 cm³/mol. The smallest absolute Gasteiger partial charge is 0.277 e. The zero-order chi connectivity index (χ0) is 18.1. The van der Waals surface area contributed by atoms with Crippen LogP contribution in [0.3, 0.4) is 0 Å². The summed E-state index contributed by atoms with van der Waals surface area (Å²) in [6, 6.07) is 8.61. The fourth-order valence-electron chi connectivity index (χ4n) is 3.50. The molecule has 6 heteroatoms. The van der Waals surface area contributed by atoms with E-state index in [1.54, 1.807) is 12.4 Å². The summed E-state index contributed by atoms with van der Waals surface area (Å²) in [4.78, 5) is 20.9. The van der Waals surface area contributed by atoms with Crippen LogP contribution in [0, 0.1) is 13.8 Å². The van der Waals surface area contributed by atoms with Gasteiger partial charge in [-0.15, -0.1) is 0 Å². The van der Waals surface area contributed by atoms with Crippen LogP contribution in [0.5, 0.6) is 0 Å². The minimum Gasteiger partial charge on any atom is -0.305 e. The van der Waals surface area contributed by atoms with Crippen molar-refractivity contribution in [3.8, 4) is 0 Å². The number of nitrogens with one attached hydrogen (secondary N) is 1. The first kappa shape index (κ1) is 16.4. The maximum Gasteiger partial charge on any atom is 0.277 e. The van der Waals surface area contributed by atoms with Crippen LogP contribution in [0.4, 0.5) is 5.82 Å². The summed E-state index contributed by atoms with van der Waals surface area (Å²) in [7, 11) is 0. The molecule has 2 heterocycles. The Balaban J connectivity index is 1.66. The molecule has 4 rings (SSSR count). The van der Waals surface area contributed by atoms with Crippen LogP contribution in [0.1, 0.15) is 51.8 Å². The third-order valence-electron chi connectivity index (χ3n) is 4.86. The molecule has 1 N–H and O–H groups in total. The Bertz CT molecular complexity index is 945. The largest absolute Gasteiger partial charge is 0.305 e. The third kappa shape index (κ3) is 2.98. The van der Waals surface area contributed by atoms with Gasteiger partial charge >= 0.3 is 0 Å². The second-order valence-electron chi connectivity index (χ2n) is 6.72. The number of benzene rings is 1. The molecule has 1 aliphatic rings. The number of hydrogen-bond acceptors (Lipinski definition) is 4. The quantitative estimate of drug-likeness (QED) is 0.787. The van der Waals surface area contributed by atoms with Crippen molar-refractivity contribution in [2.45, 2.75) is 39.2 Å². The number of hydrogen-bond donors (Lipinski definition) is 1. The number of amides is 1. The molecule has 26 heavy (non-hydrogen) atoms. The van der Waals surface area contributed by atoms with Gasteiger partial charge in [0.2, 0.25) is 0 Å². The zero-order valence-corrected chi connectivity index (χ0v) is 14.9. The number of carbonyl (C=O) groups is 1. The van der Waals surface area contributed by atoms with Crippen LogP contribution in [-0.2, 0) is 6.42 Å². The van der Waals surface area contributed by atoms with Crippen molar-refractivity contribution < 1.29 is 4.79 Å². The van der Waals surface area contributed by atoms with Gasteiger partial charge in [0, 0.05) is 11.8 Å². The maximum atomic E-state index is 12.6. The Labute approximate surface area is 152 Å². The summed E-state index contributed by atoms with van der Waals surface area (Å²) in [6.07, 6.45) is 8.09. The second-order valence-corrected chi connectivity index (χ2v) is 6.72. The molecule has 6 nitrogen and oxygen atoms in total. The normalized spacial score (nSPS) is 16.2. The van der Waals surface area contributed by atoms with Crippen LogP contribution in [-0.4, -0.2) is 25.7 Å². The summed E-state index contributed by atoms with van der Waals surface area (Å²) in [5.74, 6) is 0.450. The van der Waals surface area contributed by atoms with E-state index in [1.165, 1.54) is 17.3 Å². The van der Waals surface area contributed by atoms with E-state index < -0.39 is 0 Å². The first-order chi connectivity index (χ1) is 12.6. The predicted octanol–water partition coefficient (Wildman–Crippen LogP) is 3.47. The van der Waals surface area contributed by atoms with E-state index in [4.69, 9.17) is 0 Å². The molecule has 2 aromatic heterocycles. The van der Waals surface area contributed by atoms with Gasteiger partial charge in [0.25, 0.3) is 5.91 Å². The molecule has 1 aliphatic carbocycles. The molecule has 0 aliphatic heterocycles. The minimum absolute atomic E-state index is 0.132. The molecule has 132 valence electrons. The highest BCUT2D eigenvalue weighted by Gasteiger charge is 2.25. The minimum atomic E-state index is -0.272. The summed E-state index contributed by atoms with van der Waals surface area (Å²) < 4.78 is 1.94. The van der Waals surface area contributed by atoms with Crippen LogP contribution in [0.15, 0.2) is 42.9 Å². The third-order valence-corrected chi connectivity index (χ3v) is 4.86. The highest BCUT2D eigenvalue weighted by molar-refractivity contribution is 6.02. The van der Waals surface area contributed by atoms with Crippen LogP contribution in [0.2, 0.25) is 0 Å². The van der Waals surface area contributed by atoms with Gasteiger partial charge in [0.05, 0.1) is 24.1 Å². The van der Waals surface area contributed by atoms with E-state index in [1.807, 2.05) is 18.5 Å². The molecule has 1 amide bonds. The van der Waals surface area contributed by atoms with Crippen molar-refractivity contribution in [3.63, 3.8) is 0 Å². The Kier molecular flexibility index (Phi) is 4.24. The van der Waals surface area contributed by atoms with Gasteiger partial charge in [-0.1, -0.05) is 24.3 Å². The van der Waals surface area contributed by atoms with Gasteiger partial charge < -0.3 is 5.32 Å². The molecular weight excluding hydrogens is 326 g/mol. The molecule has 3 aromatic rings. The van der Waals surface area contributed by atoms with E-state index >= 15 is 0 Å². The van der Waals surface area contributed by atoms with E-state index in [0.717, 1.165) is 36.3 Å². The zero-order valence-electron chi connectivity index (χ0n) is 14.9. The lowest BCUT2D eigenvalue weighted by Crippen LogP contribution is -2.23. The van der Waals surface area contributed by atoms with Gasteiger partial charge in [-0.25, -0.2) is 9.67 Å². The fraction of sp³-hybridized carbons (Fsp3) is 0.300. The van der Waals surface area contributed by atoms with Crippen molar-refractivity contribution in [3.05, 3.63) is 70.9 Å². The average molecular weight is 347 g/mol. The van der Waals surface area contributed by atoms with E-state index in [0.29, 0.717) is 5.69 Å². The first-order valence-corrected chi connectivity index (χ1v) is 8.85. The van der Waals surface area contributed by atoms with Gasteiger partial charge in [-0.05, 0) is 44.2 Å². The Morgan fingerprint density at radius 3 is 2.81 bits per heavy atom. The molecule has 1 aromatic carbocycles. The summed E-state index contributed by atoms with van der Waals surface area (Å²) in [5, 5.41) is 7.55. The lowest BCUT2D eigenvalue weighted by Gasteiger charge is -2.27. The van der Waals surface area contributed by atoms with E-state index in [-0.39, 0.29) is 11.9 Å². The van der Waals surface area contributed by atoms with Gasteiger partial charge in [-0.3, -0.25) is 9.78 Å². The number of aryl methyl sites for hydroxylation is 3. The molecule has 0 radical (unpaired) electrons. The van der Waals surface area contributed by atoms with Crippen molar-refractivity contribution in [1.82, 2.24) is 19.7 Å². The van der Waals surface area contributed by atoms with E-state index in [9.17, 15) is 4.79 Å². The monoisotopic (exact) mass is 347 g/mol. The molecule has 0 unspecified atom stereocenters. The van der Waals surface area contributed by atoms with Gasteiger partial charge in [-0.2, -0.15) is 5.10 Å². The molecule has 1 atom stereocenters. The van der Waals surface area contributed by atoms with Crippen molar-refractivity contribution in [2.24, 2.45) is 0 Å². The van der Waals surface area contributed by atoms with Gasteiger partial charge in [0.1, 0.15) is 11.5 Å². The Hall–Kier alpha value is -3.02. The molecular formula is C20H21N5O. The Morgan fingerprint density at radius 1 is 1.15 bits per heavy atom. The molecule has 0 spiro atoms. The van der Waals surface area contributed by atoms with Crippen molar-refractivity contribution >= 4 is 11.7 Å². The molecule has 0 fully saturated rings. The Morgan fingerprint density at radius 2 is 2.00 bits per heavy atom. The SMILES string of the molecule is Cc1cnc(C(=O)Nc2c(C)cnn2[C@@H]2CCCc3ccccc32)cn1.